The molecule has 268 valence electrons. The summed E-state index contributed by atoms with van der Waals surface area (Å²) < 4.78 is 73.3. The first-order valence-electron chi connectivity index (χ1n) is 20.3. The zero-order valence-corrected chi connectivity index (χ0v) is 28.9. The zero-order chi connectivity index (χ0) is 44.1. The Kier molecular flexibility index (Phi) is 10.7. The molecule has 4 aromatic rings. The van der Waals surface area contributed by atoms with Crippen LogP contribution in [0.1, 0.15) is 44.6 Å². The van der Waals surface area contributed by atoms with Gasteiger partial charge in [0.2, 0.25) is 0 Å². The van der Waals surface area contributed by atoms with Crippen LogP contribution in [-0.4, -0.2) is 120 Å². The van der Waals surface area contributed by atoms with E-state index in [1.807, 2.05) is 6.92 Å². The number of nitrogens with one attached hydrogen (secondary N) is 3. The number of esters is 1. The van der Waals surface area contributed by atoms with Gasteiger partial charge in [0.15, 0.2) is 0 Å². The molecule has 16 heteroatoms. The monoisotopic (exact) mass is 715 g/mol. The minimum Gasteiger partial charge on any atom is -0.460 e. The summed E-state index contributed by atoms with van der Waals surface area (Å²) in [5, 5.41) is 4.40. The highest BCUT2D eigenvalue weighted by Gasteiger charge is 2.33. The first kappa shape index (κ1) is 27.8. The van der Waals surface area contributed by atoms with Crippen molar-refractivity contribution in [3.05, 3.63) is 60.0 Å². The van der Waals surface area contributed by atoms with Gasteiger partial charge in [0, 0.05) is 60.2 Å². The second-order valence-electron chi connectivity index (χ2n) is 11.7. The number of nitrogens with zero attached hydrogens (tertiary/aromatic N) is 9. The smallest absolute Gasteiger partial charge is 0.387 e. The Hall–Kier alpha value is -4.99. The third-order valence-corrected chi connectivity index (χ3v) is 8.47. The second kappa shape index (κ2) is 19.3. The zero-order valence-electron chi connectivity index (χ0n) is 37.1. The van der Waals surface area contributed by atoms with Crippen LogP contribution in [0, 0.1) is 25.0 Å². The molecule has 0 aromatic carbocycles. The van der Waals surface area contributed by atoms with Gasteiger partial charge < -0.3 is 44.4 Å². The highest BCUT2D eigenvalue weighted by atomic mass is 35.5. The van der Waals surface area contributed by atoms with E-state index >= 15 is 0 Å². The van der Waals surface area contributed by atoms with Crippen LogP contribution < -0.4 is 15.1 Å². The Labute approximate surface area is 311 Å². The standard InChI is InChI=1S/C16H20N6O.C13H19N5.C5H7NO2.ClH/c1-11-5-7-22(14(23)8-17-2)9-13(11)21(3)16-12-4-6-18-15(12)19-10-20-16;1-9-3-5-14-7-11(9)18(2)13-10-4-6-15-12(10)16-8-17-13;1-3-8-5(7)4-6-2;/h4,6,10-11,13H,5,7-9H2,1,3H3,(H,18,19,20);4,6,8-9,11,14H,3,5,7H2,1-2H3,(H,15,16,17);3-4H2,1H3;1H/t11-,13+;9-,11+;;/m11../s1/i3D3,10D;2D3,8D;;/hD. The number of rotatable bonds is 7. The van der Waals surface area contributed by atoms with Gasteiger partial charge >= 0.3 is 18.4 Å². The number of piperidine rings is 2. The molecule has 3 N–H and O–H groups in total. The molecule has 0 spiro atoms. The number of hydrogen-bond donors (Lipinski definition) is 3. The maximum Gasteiger partial charge on any atom is 0.387 e. The molecule has 0 bridgehead atoms. The molecule has 50 heavy (non-hydrogen) atoms. The van der Waals surface area contributed by atoms with Crippen molar-refractivity contribution in [2.24, 2.45) is 11.8 Å². The third-order valence-electron chi connectivity index (χ3n) is 8.47. The number of carbonyl (C=O) groups is 2. The first-order chi connectivity index (χ1) is 27.9. The normalized spacial score (nSPS) is 22.7. The van der Waals surface area contributed by atoms with Crippen LogP contribution in [0.25, 0.3) is 31.8 Å². The van der Waals surface area contributed by atoms with Crippen LogP contribution in [0.3, 0.4) is 0 Å². The number of halogens is 1. The average Bonchev–Trinajstić information content (AvgIpc) is 3.84. The van der Waals surface area contributed by atoms with Gasteiger partial charge in [-0.2, -0.15) is 0 Å². The van der Waals surface area contributed by atoms with Crippen molar-refractivity contribution in [1.29, 1.82) is 1.17 Å². The fourth-order valence-corrected chi connectivity index (χ4v) is 5.68. The van der Waals surface area contributed by atoms with Crippen molar-refractivity contribution in [2.45, 2.75) is 45.7 Å². The number of ether oxygens (including phenoxy) is 1. The lowest BCUT2D eigenvalue weighted by molar-refractivity contribution is -0.140. The number of H-pyrrole nitrogens is 2. The molecule has 1 amide bonds. The summed E-state index contributed by atoms with van der Waals surface area (Å²) in [5.41, 5.74) is 0.879. The maximum absolute atomic E-state index is 12.2. The lowest BCUT2D eigenvalue weighted by Crippen LogP contribution is -2.53. The number of aromatic amines is 2. The quantitative estimate of drug-likeness (QED) is 0.190. The third kappa shape index (κ3) is 9.80. The topological polar surface area (TPSA) is 157 Å². The fraction of sp³-hybridized carbons (Fsp3) is 0.529. The summed E-state index contributed by atoms with van der Waals surface area (Å²) in [4.78, 5) is 54.5. The summed E-state index contributed by atoms with van der Waals surface area (Å²) in [6.45, 7) is 16.1. The molecule has 6 heterocycles. The lowest BCUT2D eigenvalue weighted by atomic mass is 9.92. The van der Waals surface area contributed by atoms with Crippen molar-refractivity contribution in [3.63, 3.8) is 0 Å². The average molecular weight is 716 g/mol. The molecule has 2 aliphatic heterocycles. The Morgan fingerprint density at radius 3 is 2.10 bits per heavy atom. The number of likely N-dealkylation sites (N-methyl/N-ethyl adjacent to an activating group) is 2. The minimum atomic E-state index is -2.52. The highest BCUT2D eigenvalue weighted by Crippen LogP contribution is 2.29. The van der Waals surface area contributed by atoms with Crippen LogP contribution in [0.15, 0.2) is 37.1 Å². The summed E-state index contributed by atoms with van der Waals surface area (Å²) in [7, 11) is 0. The molecular weight excluding hydrogens is 660 g/mol. The van der Waals surface area contributed by atoms with Crippen LogP contribution >= 0.6 is 12.3 Å². The number of carbonyl (C=O) groups excluding carboxylic acids is 2. The molecule has 0 radical (unpaired) electrons. The van der Waals surface area contributed by atoms with Crippen LogP contribution in [0.2, 0.25) is 0 Å². The molecule has 2 aliphatic rings. The first-order valence-corrected chi connectivity index (χ1v) is 15.9. The number of aromatic nitrogens is 6. The molecule has 2 saturated heterocycles. The van der Waals surface area contributed by atoms with E-state index in [4.69, 9.17) is 25.3 Å². The molecule has 4 atom stereocenters. The highest BCUT2D eigenvalue weighted by molar-refractivity contribution is 5.88. The van der Waals surface area contributed by atoms with Crippen molar-refractivity contribution in [3.8, 4) is 0 Å². The molecule has 2 fully saturated rings. The number of anilines is 2. The number of amides is 1. The number of fused-ring (bicyclic) bond motifs is 2. The Bertz CT molecular complexity index is 2090. The van der Waals surface area contributed by atoms with Crippen LogP contribution in [-0.2, 0) is 14.3 Å². The van der Waals surface area contributed by atoms with Crippen molar-refractivity contribution in [2.75, 3.05) is 69.6 Å². The van der Waals surface area contributed by atoms with Crippen LogP contribution in [0.4, 0.5) is 11.6 Å². The summed E-state index contributed by atoms with van der Waals surface area (Å²) in [6, 6.07) is 2.71. The Morgan fingerprint density at radius 2 is 1.56 bits per heavy atom. The van der Waals surface area contributed by atoms with Crippen molar-refractivity contribution >= 4 is 57.9 Å². The predicted molar refractivity (Wildman–Crippen MR) is 196 cm³/mol. The molecule has 4 aromatic heterocycles. The van der Waals surface area contributed by atoms with Gasteiger partial charge in [-0.05, 0) is 50.3 Å². The summed E-state index contributed by atoms with van der Waals surface area (Å²) in [5.74, 6) is -0.0784. The van der Waals surface area contributed by atoms with Gasteiger partial charge in [-0.3, -0.25) is 4.79 Å². The molecule has 6 rings (SSSR count). The van der Waals surface area contributed by atoms with E-state index in [0.717, 1.165) is 13.0 Å². The molecule has 0 unspecified atom stereocenters. The number of hydrogen-bond acceptors (Lipinski definition) is 10. The van der Waals surface area contributed by atoms with Crippen LogP contribution in [0.5, 0.6) is 0 Å². The molecular formula is C34H47ClN12O3. The Morgan fingerprint density at radius 1 is 0.980 bits per heavy atom. The lowest BCUT2D eigenvalue weighted by Gasteiger charge is -2.41. The summed E-state index contributed by atoms with van der Waals surface area (Å²) in [6.07, 6.45) is 4.37. The van der Waals surface area contributed by atoms with E-state index in [0.29, 0.717) is 54.0 Å². The van der Waals surface area contributed by atoms with Gasteiger partial charge in [-0.25, -0.2) is 37.9 Å². The second-order valence-corrected chi connectivity index (χ2v) is 11.7. The van der Waals surface area contributed by atoms with E-state index in [-0.39, 0.29) is 61.8 Å². The Balaban J connectivity index is 0.000000261. The van der Waals surface area contributed by atoms with E-state index < -0.39 is 26.0 Å². The largest absolute Gasteiger partial charge is 0.460 e. The van der Waals surface area contributed by atoms with E-state index in [1.54, 1.807) is 36.4 Å². The molecule has 0 aliphatic carbocycles. The van der Waals surface area contributed by atoms with E-state index in [1.165, 1.54) is 9.80 Å². The predicted octanol–water partition coefficient (Wildman–Crippen LogP) is 3.83. The SMILES string of the molecule is [2H]Cl.[2H]c1nc(N([C@H]2CN(C(=O)C[N+]#[C-])CC[C@H]2C)C([2H])([2H])[2H])c2cc[nH]c2n1.[2H]c1nc(N([C@H]2CNCC[C@H]2C)C([2H])([2H])[2H])c2cc[nH]c2n1.[C-]#[N+]CC(=O)OCC. The van der Waals surface area contributed by atoms with Crippen molar-refractivity contribution in [1.82, 2.24) is 40.1 Å². The number of likely N-dealkylation sites (tertiary alicyclic amines) is 1. The summed E-state index contributed by atoms with van der Waals surface area (Å²) >= 11 is 3.89. The van der Waals surface area contributed by atoms with Gasteiger partial charge in [0.1, 0.15) is 39.5 Å². The van der Waals surface area contributed by atoms with Gasteiger partial charge in [-0.15, -0.1) is 12.3 Å². The van der Waals surface area contributed by atoms with Crippen molar-refractivity contribution < 1.29 is 25.3 Å². The fourth-order valence-electron chi connectivity index (χ4n) is 5.68. The van der Waals surface area contributed by atoms with Gasteiger partial charge in [0.05, 0.1) is 23.4 Å². The van der Waals surface area contributed by atoms with E-state index in [9.17, 15) is 9.59 Å². The molecule has 15 nitrogen and oxygen atoms in total. The molecule has 0 saturated carbocycles. The van der Waals surface area contributed by atoms with Gasteiger partial charge in [-0.1, -0.05) is 13.8 Å². The van der Waals surface area contributed by atoms with Gasteiger partial charge in [0.25, 0.3) is 6.54 Å². The van der Waals surface area contributed by atoms with E-state index in [2.05, 4.69) is 68.9 Å². The maximum atomic E-state index is 12.2. The minimum absolute atomic E-state index is 0.0134.